The third-order valence-corrected chi connectivity index (χ3v) is 6.13. The highest BCUT2D eigenvalue weighted by Gasteiger charge is 2.23. The van der Waals surface area contributed by atoms with Crippen LogP contribution in [0.1, 0.15) is 11.1 Å². The van der Waals surface area contributed by atoms with Gasteiger partial charge in [-0.15, -0.1) is 5.10 Å². The summed E-state index contributed by atoms with van der Waals surface area (Å²) in [6, 6.07) is 16.7. The molecule has 0 bridgehead atoms. The lowest BCUT2D eigenvalue weighted by Gasteiger charge is -2.14. The minimum atomic E-state index is 0.717. The van der Waals surface area contributed by atoms with Crippen LogP contribution in [0.2, 0.25) is 0 Å². The highest BCUT2D eigenvalue weighted by atomic mass is 32.1. The summed E-state index contributed by atoms with van der Waals surface area (Å²) in [4.78, 5) is 0. The number of rotatable bonds is 1. The maximum atomic E-state index is 5.55. The van der Waals surface area contributed by atoms with Gasteiger partial charge >= 0.3 is 0 Å². The quantitative estimate of drug-likeness (QED) is 0.359. The molecule has 0 spiro atoms. The molecule has 0 aliphatic carbocycles. The van der Waals surface area contributed by atoms with Crippen molar-refractivity contribution >= 4 is 55.4 Å². The van der Waals surface area contributed by atoms with E-state index in [0.29, 0.717) is 0 Å². The molecule has 0 fully saturated rings. The fraction of sp³-hybridized carbons (Fsp3) is 0.0909. The monoisotopic (exact) mass is 382 g/mol. The van der Waals surface area contributed by atoms with Crippen LogP contribution in [0.5, 0.6) is 0 Å². The Morgan fingerprint density at radius 2 is 1.25 bits per heavy atom. The maximum Gasteiger partial charge on any atom is 0.191 e. The number of aromatic nitrogens is 4. The second-order valence-corrected chi connectivity index (χ2v) is 7.53. The molecule has 0 N–H and O–H groups in total. The fourth-order valence-electron chi connectivity index (χ4n) is 4.27. The SMILES string of the molecule is Cc1c2ccccc2c(-c2c3ccccc3c(C)c3onnc23)c2nsnc12. The molecule has 0 aliphatic heterocycles. The Balaban J connectivity index is 1.96. The van der Waals surface area contributed by atoms with Crippen LogP contribution in [0.3, 0.4) is 0 Å². The molecule has 2 aromatic heterocycles. The summed E-state index contributed by atoms with van der Waals surface area (Å²) in [6.45, 7) is 4.16. The van der Waals surface area contributed by atoms with E-state index in [0.717, 1.165) is 60.5 Å². The van der Waals surface area contributed by atoms with Gasteiger partial charge in [0.1, 0.15) is 16.6 Å². The first-order chi connectivity index (χ1) is 13.8. The first-order valence-corrected chi connectivity index (χ1v) is 9.76. The molecule has 28 heavy (non-hydrogen) atoms. The van der Waals surface area contributed by atoms with E-state index in [2.05, 4.69) is 75.4 Å². The van der Waals surface area contributed by atoms with Crippen LogP contribution in [0.4, 0.5) is 0 Å². The van der Waals surface area contributed by atoms with Gasteiger partial charge in [-0.05, 0) is 41.0 Å². The largest absolute Gasteiger partial charge is 0.337 e. The molecular weight excluding hydrogens is 368 g/mol. The van der Waals surface area contributed by atoms with Crippen molar-refractivity contribution in [3.8, 4) is 11.1 Å². The topological polar surface area (TPSA) is 64.7 Å². The van der Waals surface area contributed by atoms with Gasteiger partial charge in [-0.3, -0.25) is 0 Å². The summed E-state index contributed by atoms with van der Waals surface area (Å²) in [7, 11) is 0. The molecule has 5 nitrogen and oxygen atoms in total. The number of hydrogen-bond donors (Lipinski definition) is 0. The highest BCUT2D eigenvalue weighted by molar-refractivity contribution is 7.00. The van der Waals surface area contributed by atoms with Crippen molar-refractivity contribution in [3.05, 3.63) is 59.7 Å². The zero-order valence-corrected chi connectivity index (χ0v) is 16.0. The van der Waals surface area contributed by atoms with Gasteiger partial charge in [0.15, 0.2) is 5.58 Å². The van der Waals surface area contributed by atoms with E-state index in [1.165, 1.54) is 17.1 Å². The number of hydrogen-bond acceptors (Lipinski definition) is 6. The minimum Gasteiger partial charge on any atom is -0.337 e. The Labute approximate surface area is 163 Å². The predicted octanol–water partition coefficient (Wildman–Crippen LogP) is 5.82. The molecule has 6 aromatic rings. The Bertz CT molecular complexity index is 1430. The summed E-state index contributed by atoms with van der Waals surface area (Å²) in [6.07, 6.45) is 0. The normalized spacial score (nSPS) is 11.9. The van der Waals surface area contributed by atoms with Crippen LogP contribution in [-0.2, 0) is 0 Å². The van der Waals surface area contributed by atoms with Crippen molar-refractivity contribution in [2.75, 3.05) is 0 Å². The summed E-state index contributed by atoms with van der Waals surface area (Å²) in [5, 5.41) is 12.8. The Morgan fingerprint density at radius 3 is 1.96 bits per heavy atom. The van der Waals surface area contributed by atoms with E-state index in [1.807, 2.05) is 6.07 Å². The molecule has 0 saturated heterocycles. The average Bonchev–Trinajstić information content (AvgIpc) is 3.40. The second kappa shape index (κ2) is 5.56. The lowest BCUT2D eigenvalue weighted by Crippen LogP contribution is -1.93. The number of aryl methyl sites for hydroxylation is 2. The predicted molar refractivity (Wildman–Crippen MR) is 113 cm³/mol. The van der Waals surface area contributed by atoms with E-state index in [9.17, 15) is 0 Å². The first kappa shape index (κ1) is 15.7. The van der Waals surface area contributed by atoms with Crippen LogP contribution in [-0.4, -0.2) is 19.1 Å². The van der Waals surface area contributed by atoms with Gasteiger partial charge in [0.2, 0.25) is 0 Å². The highest BCUT2D eigenvalue weighted by Crippen LogP contribution is 2.44. The third-order valence-electron chi connectivity index (χ3n) is 5.60. The molecule has 6 rings (SSSR count). The van der Waals surface area contributed by atoms with Crippen LogP contribution < -0.4 is 0 Å². The molecule has 0 unspecified atom stereocenters. The lowest BCUT2D eigenvalue weighted by molar-refractivity contribution is 0.423. The standard InChI is InChI=1S/C22H14N4OS/c1-11-13-7-3-5-9-15(13)17(20-19(11)24-28-25-20)18-16-10-6-4-8-14(16)12(2)22-21(18)23-26-27-22/h3-10H,1-2H3. The van der Waals surface area contributed by atoms with Crippen molar-refractivity contribution < 1.29 is 4.52 Å². The molecule has 134 valence electrons. The Morgan fingerprint density at radius 1 is 0.679 bits per heavy atom. The smallest absolute Gasteiger partial charge is 0.191 e. The van der Waals surface area contributed by atoms with Crippen LogP contribution >= 0.6 is 11.7 Å². The fourth-order valence-corrected chi connectivity index (χ4v) is 4.87. The molecule has 0 saturated carbocycles. The Hall–Kier alpha value is -3.38. The number of fused-ring (bicyclic) bond motifs is 4. The number of benzene rings is 4. The lowest BCUT2D eigenvalue weighted by atomic mass is 9.88. The molecule has 6 heteroatoms. The molecule has 0 amide bonds. The van der Waals surface area contributed by atoms with E-state index < -0.39 is 0 Å². The van der Waals surface area contributed by atoms with Crippen LogP contribution in [0.15, 0.2) is 53.1 Å². The summed E-state index contributed by atoms with van der Waals surface area (Å²) in [5.74, 6) is 0. The van der Waals surface area contributed by atoms with E-state index >= 15 is 0 Å². The van der Waals surface area contributed by atoms with Crippen LogP contribution in [0, 0.1) is 13.8 Å². The van der Waals surface area contributed by atoms with Gasteiger partial charge in [0.05, 0.1) is 11.7 Å². The van der Waals surface area contributed by atoms with Gasteiger partial charge < -0.3 is 4.52 Å². The van der Waals surface area contributed by atoms with Gasteiger partial charge in [0, 0.05) is 22.0 Å². The van der Waals surface area contributed by atoms with E-state index in [1.54, 1.807) is 0 Å². The van der Waals surface area contributed by atoms with Gasteiger partial charge in [0.25, 0.3) is 0 Å². The number of nitrogens with zero attached hydrogens (tertiary/aromatic N) is 4. The van der Waals surface area contributed by atoms with Gasteiger partial charge in [-0.25, -0.2) is 0 Å². The van der Waals surface area contributed by atoms with Crippen molar-refractivity contribution in [1.82, 2.24) is 19.1 Å². The second-order valence-electron chi connectivity index (χ2n) is 7.00. The molecule has 0 atom stereocenters. The van der Waals surface area contributed by atoms with Crippen molar-refractivity contribution in [1.29, 1.82) is 0 Å². The Kier molecular flexibility index (Phi) is 3.11. The average molecular weight is 382 g/mol. The third kappa shape index (κ3) is 1.90. The molecule has 2 heterocycles. The van der Waals surface area contributed by atoms with Gasteiger partial charge in [-0.2, -0.15) is 8.75 Å². The van der Waals surface area contributed by atoms with E-state index in [4.69, 9.17) is 4.52 Å². The van der Waals surface area contributed by atoms with Crippen molar-refractivity contribution in [2.45, 2.75) is 13.8 Å². The minimum absolute atomic E-state index is 0.717. The molecule has 4 aromatic carbocycles. The summed E-state index contributed by atoms with van der Waals surface area (Å²) >= 11 is 1.24. The summed E-state index contributed by atoms with van der Waals surface area (Å²) in [5.41, 5.74) is 7.56. The zero-order chi connectivity index (χ0) is 18.8. The van der Waals surface area contributed by atoms with Gasteiger partial charge in [-0.1, -0.05) is 48.5 Å². The molecule has 0 radical (unpaired) electrons. The molecule has 0 aliphatic rings. The van der Waals surface area contributed by atoms with Crippen LogP contribution in [0.25, 0.3) is 54.8 Å². The van der Waals surface area contributed by atoms with E-state index in [-0.39, 0.29) is 0 Å². The molecular formula is C22H14N4OS. The zero-order valence-electron chi connectivity index (χ0n) is 15.2. The van der Waals surface area contributed by atoms with Crippen molar-refractivity contribution in [3.63, 3.8) is 0 Å². The first-order valence-electron chi connectivity index (χ1n) is 9.03. The summed E-state index contributed by atoms with van der Waals surface area (Å²) < 4.78 is 14.8. The maximum absolute atomic E-state index is 5.55. The van der Waals surface area contributed by atoms with Crippen molar-refractivity contribution in [2.24, 2.45) is 0 Å².